The number of rotatable bonds is 6. The van der Waals surface area contributed by atoms with Crippen LogP contribution in [0.3, 0.4) is 0 Å². The molecule has 0 radical (unpaired) electrons. The molecule has 8 nitrogen and oxygen atoms in total. The zero-order valence-corrected chi connectivity index (χ0v) is 9.08. The lowest BCUT2D eigenvalue weighted by atomic mass is 10.4. The minimum atomic E-state index is -1.54. The lowest BCUT2D eigenvalue weighted by Gasteiger charge is -2.15. The Balaban J connectivity index is 4.17. The Labute approximate surface area is 96.7 Å². The van der Waals surface area contributed by atoms with Crippen molar-refractivity contribution in [2.45, 2.75) is 13.0 Å². The monoisotopic (exact) mass is 248 g/mol. The number of esters is 1. The summed E-state index contributed by atoms with van der Waals surface area (Å²) in [6, 6.07) is 0. The van der Waals surface area contributed by atoms with Crippen molar-refractivity contribution in [3.8, 4) is 0 Å². The molecule has 8 heteroatoms. The molecule has 1 atom stereocenters. The van der Waals surface area contributed by atoms with Gasteiger partial charge in [-0.1, -0.05) is 6.58 Å². The molecule has 0 aromatic heterocycles. The second-order valence-corrected chi connectivity index (χ2v) is 2.65. The summed E-state index contributed by atoms with van der Waals surface area (Å²) in [5, 5.41) is 8.26. The molecule has 0 fully saturated rings. The van der Waals surface area contributed by atoms with Crippen molar-refractivity contribution in [1.82, 2.24) is 0 Å². The average molecular weight is 248 g/mol. The van der Waals surface area contributed by atoms with Crippen molar-refractivity contribution in [2.24, 2.45) is 0 Å². The predicted octanol–water partition coefficient (Wildman–Crippen LogP) is 0.909. The van der Waals surface area contributed by atoms with Crippen LogP contribution >= 0.6 is 0 Å². The molecule has 96 valence electrons. The van der Waals surface area contributed by atoms with Gasteiger partial charge >= 0.3 is 18.3 Å². The maximum Gasteiger partial charge on any atom is 0.513 e. The standard InChI is InChI=1S/C9H12O8/c1-3-14-9(13)17-7(4-15-6(2)10)5-16-8(11)12/h3,7H,1,4-5H2,2H3,(H,11,12). The number of ether oxygens (including phenoxy) is 4. The minimum Gasteiger partial charge on any atom is -0.462 e. The lowest BCUT2D eigenvalue weighted by Crippen LogP contribution is -2.30. The van der Waals surface area contributed by atoms with Crippen LogP contribution in [0.15, 0.2) is 12.8 Å². The third-order valence-corrected chi connectivity index (χ3v) is 1.31. The van der Waals surface area contributed by atoms with Gasteiger partial charge in [0.05, 0.1) is 6.26 Å². The highest BCUT2D eigenvalue weighted by Gasteiger charge is 2.18. The van der Waals surface area contributed by atoms with Gasteiger partial charge in [-0.05, 0) is 0 Å². The Morgan fingerprint density at radius 2 is 1.88 bits per heavy atom. The van der Waals surface area contributed by atoms with Crippen molar-refractivity contribution in [2.75, 3.05) is 13.2 Å². The largest absolute Gasteiger partial charge is 0.513 e. The zero-order chi connectivity index (χ0) is 13.3. The Morgan fingerprint density at radius 1 is 1.29 bits per heavy atom. The number of carbonyl (C=O) groups is 3. The molecule has 0 aromatic carbocycles. The maximum absolute atomic E-state index is 10.9. The van der Waals surface area contributed by atoms with Crippen LogP contribution in [0.5, 0.6) is 0 Å². The van der Waals surface area contributed by atoms with Crippen LogP contribution < -0.4 is 0 Å². The highest BCUT2D eigenvalue weighted by atomic mass is 16.7. The fourth-order valence-corrected chi connectivity index (χ4v) is 0.723. The maximum atomic E-state index is 10.9. The normalized spacial score (nSPS) is 10.9. The van der Waals surface area contributed by atoms with Crippen LogP contribution in [0.1, 0.15) is 6.92 Å². The first-order valence-electron chi connectivity index (χ1n) is 4.43. The van der Waals surface area contributed by atoms with E-state index >= 15 is 0 Å². The van der Waals surface area contributed by atoms with Crippen molar-refractivity contribution < 1.29 is 38.4 Å². The smallest absolute Gasteiger partial charge is 0.462 e. The van der Waals surface area contributed by atoms with Gasteiger partial charge in [-0.15, -0.1) is 0 Å². The molecule has 0 spiro atoms. The van der Waals surface area contributed by atoms with Gasteiger partial charge in [-0.25, -0.2) is 9.59 Å². The van der Waals surface area contributed by atoms with E-state index in [1.807, 2.05) is 0 Å². The van der Waals surface area contributed by atoms with Crippen LogP contribution in [0.2, 0.25) is 0 Å². The number of hydrogen-bond donors (Lipinski definition) is 1. The Morgan fingerprint density at radius 3 is 2.35 bits per heavy atom. The second kappa shape index (κ2) is 7.97. The molecule has 1 N–H and O–H groups in total. The molecule has 0 rings (SSSR count). The summed E-state index contributed by atoms with van der Waals surface area (Å²) in [5.41, 5.74) is 0. The van der Waals surface area contributed by atoms with Gasteiger partial charge in [0.2, 0.25) is 0 Å². The zero-order valence-electron chi connectivity index (χ0n) is 9.08. The van der Waals surface area contributed by atoms with E-state index in [9.17, 15) is 14.4 Å². The van der Waals surface area contributed by atoms with Crippen LogP contribution in [-0.4, -0.2) is 42.7 Å². The number of hydrogen-bond acceptors (Lipinski definition) is 7. The van der Waals surface area contributed by atoms with E-state index in [0.29, 0.717) is 0 Å². The predicted molar refractivity (Wildman–Crippen MR) is 52.2 cm³/mol. The van der Waals surface area contributed by atoms with E-state index in [2.05, 4.69) is 25.5 Å². The number of carbonyl (C=O) groups excluding carboxylic acids is 2. The van der Waals surface area contributed by atoms with Gasteiger partial charge < -0.3 is 24.1 Å². The molecule has 0 amide bonds. The molecule has 0 saturated carbocycles. The summed E-state index contributed by atoms with van der Waals surface area (Å²) in [7, 11) is 0. The summed E-state index contributed by atoms with van der Waals surface area (Å²) in [5.74, 6) is -0.606. The first kappa shape index (κ1) is 14.8. The Kier molecular flexibility index (Phi) is 6.91. The van der Waals surface area contributed by atoms with Gasteiger partial charge in [0, 0.05) is 6.92 Å². The molecular weight excluding hydrogens is 236 g/mol. The first-order valence-corrected chi connectivity index (χ1v) is 4.43. The summed E-state index contributed by atoms with van der Waals surface area (Å²) in [6.07, 6.45) is -2.89. The summed E-state index contributed by atoms with van der Waals surface area (Å²) < 4.78 is 17.6. The molecule has 0 aliphatic rings. The van der Waals surface area contributed by atoms with Crippen molar-refractivity contribution in [1.29, 1.82) is 0 Å². The highest BCUT2D eigenvalue weighted by molar-refractivity contribution is 5.66. The lowest BCUT2D eigenvalue weighted by molar-refractivity contribution is -0.145. The van der Waals surface area contributed by atoms with Gasteiger partial charge in [-0.3, -0.25) is 4.79 Å². The molecular formula is C9H12O8. The fourth-order valence-electron chi connectivity index (χ4n) is 0.723. The number of carboxylic acid groups (broad SMARTS) is 1. The fraction of sp³-hybridized carbons (Fsp3) is 0.444. The van der Waals surface area contributed by atoms with Gasteiger partial charge in [0.1, 0.15) is 13.2 Å². The highest BCUT2D eigenvalue weighted by Crippen LogP contribution is 1.99. The second-order valence-electron chi connectivity index (χ2n) is 2.65. The van der Waals surface area contributed by atoms with E-state index < -0.39 is 31.0 Å². The Hall–Kier alpha value is -2.25. The van der Waals surface area contributed by atoms with E-state index in [1.165, 1.54) is 0 Å². The van der Waals surface area contributed by atoms with E-state index in [4.69, 9.17) is 5.11 Å². The molecule has 1 unspecified atom stereocenters. The first-order chi connectivity index (χ1) is 7.95. The van der Waals surface area contributed by atoms with Crippen molar-refractivity contribution in [3.05, 3.63) is 12.8 Å². The third-order valence-electron chi connectivity index (χ3n) is 1.31. The van der Waals surface area contributed by atoms with Crippen LogP contribution in [-0.2, 0) is 23.7 Å². The van der Waals surface area contributed by atoms with E-state index in [-0.39, 0.29) is 6.61 Å². The van der Waals surface area contributed by atoms with E-state index in [0.717, 1.165) is 13.2 Å². The third kappa shape index (κ3) is 8.73. The van der Waals surface area contributed by atoms with E-state index in [1.54, 1.807) is 0 Å². The van der Waals surface area contributed by atoms with Gasteiger partial charge in [-0.2, -0.15) is 0 Å². The van der Waals surface area contributed by atoms with Gasteiger partial charge in [0.25, 0.3) is 0 Å². The van der Waals surface area contributed by atoms with Crippen LogP contribution in [0, 0.1) is 0 Å². The summed E-state index contributed by atoms with van der Waals surface area (Å²) in [6.45, 7) is 3.46. The summed E-state index contributed by atoms with van der Waals surface area (Å²) >= 11 is 0. The SMILES string of the molecule is C=COC(=O)OC(COC(C)=O)COC(=O)O. The average Bonchev–Trinajstić information content (AvgIpc) is 2.22. The van der Waals surface area contributed by atoms with Crippen LogP contribution in [0.4, 0.5) is 9.59 Å². The van der Waals surface area contributed by atoms with Crippen molar-refractivity contribution in [3.63, 3.8) is 0 Å². The topological polar surface area (TPSA) is 108 Å². The molecule has 0 aromatic rings. The quantitative estimate of drug-likeness (QED) is 0.419. The molecule has 0 bridgehead atoms. The van der Waals surface area contributed by atoms with Crippen LogP contribution in [0.25, 0.3) is 0 Å². The Bertz CT molecular complexity index is 279. The molecule has 0 aliphatic carbocycles. The molecule has 0 saturated heterocycles. The van der Waals surface area contributed by atoms with Gasteiger partial charge in [0.15, 0.2) is 6.10 Å². The minimum absolute atomic E-state index is 0.338. The summed E-state index contributed by atoms with van der Waals surface area (Å²) in [4.78, 5) is 31.5. The molecule has 0 aliphatic heterocycles. The van der Waals surface area contributed by atoms with Crippen molar-refractivity contribution >= 4 is 18.3 Å². The molecule has 0 heterocycles. The molecule has 17 heavy (non-hydrogen) atoms.